The van der Waals surface area contributed by atoms with Crippen molar-refractivity contribution in [3.8, 4) is 0 Å². The SMILES string of the molecule is CCCN(COP(=O)(O)O)C(=O)c1cn2ncnc(Nc3cc(C([O-])=NC4CC4)ccc3C)c2c1C. The van der Waals surface area contributed by atoms with Gasteiger partial charge in [0, 0.05) is 24.5 Å². The number of fused-ring (bicyclic) bond motifs is 1. The second-order valence-corrected chi connectivity index (χ2v) is 9.95. The number of aromatic nitrogens is 3. The molecule has 0 aliphatic heterocycles. The molecule has 0 spiro atoms. The summed E-state index contributed by atoms with van der Waals surface area (Å²) in [6.07, 6.45) is 5.34. The summed E-state index contributed by atoms with van der Waals surface area (Å²) in [7, 11) is -4.74. The van der Waals surface area contributed by atoms with Gasteiger partial charge in [-0.2, -0.15) is 5.10 Å². The number of nitrogens with zero attached hydrogens (tertiary/aromatic N) is 5. The molecular weight excluding hydrogens is 487 g/mol. The van der Waals surface area contributed by atoms with E-state index in [4.69, 9.17) is 9.79 Å². The summed E-state index contributed by atoms with van der Waals surface area (Å²) < 4.78 is 17.2. The minimum atomic E-state index is -4.74. The molecule has 0 bridgehead atoms. The van der Waals surface area contributed by atoms with Gasteiger partial charge in [-0.15, -0.1) is 0 Å². The number of aryl methyl sites for hydroxylation is 2. The zero-order valence-corrected chi connectivity index (χ0v) is 21.1. The van der Waals surface area contributed by atoms with Crippen molar-refractivity contribution in [3.05, 3.63) is 53.0 Å². The van der Waals surface area contributed by atoms with Crippen LogP contribution in [0.25, 0.3) is 5.52 Å². The van der Waals surface area contributed by atoms with E-state index >= 15 is 0 Å². The molecule has 0 radical (unpaired) electrons. The Balaban J connectivity index is 1.66. The van der Waals surface area contributed by atoms with Crippen LogP contribution in [0.5, 0.6) is 0 Å². The van der Waals surface area contributed by atoms with Crippen molar-refractivity contribution in [2.24, 2.45) is 4.99 Å². The zero-order chi connectivity index (χ0) is 26.0. The van der Waals surface area contributed by atoms with Crippen LogP contribution in [-0.4, -0.2) is 60.4 Å². The first-order chi connectivity index (χ1) is 17.1. The lowest BCUT2D eigenvalue weighted by Gasteiger charge is -2.22. The first-order valence-electron chi connectivity index (χ1n) is 11.5. The number of phosphoric ester groups is 1. The molecule has 4 rings (SSSR count). The Hall–Kier alpha value is -3.31. The second kappa shape index (κ2) is 10.4. The molecule has 0 saturated heterocycles. The molecule has 1 aliphatic rings. The summed E-state index contributed by atoms with van der Waals surface area (Å²) in [6, 6.07) is 5.43. The van der Waals surface area contributed by atoms with Gasteiger partial charge < -0.3 is 25.1 Å². The molecule has 3 aromatic rings. The first kappa shape index (κ1) is 25.8. The van der Waals surface area contributed by atoms with Crippen LogP contribution in [0.1, 0.15) is 53.2 Å². The highest BCUT2D eigenvalue weighted by Crippen LogP contribution is 2.36. The minimum absolute atomic E-state index is 0.121. The molecule has 1 fully saturated rings. The average Bonchev–Trinajstić information content (AvgIpc) is 3.57. The summed E-state index contributed by atoms with van der Waals surface area (Å²) >= 11 is 0. The van der Waals surface area contributed by atoms with E-state index in [1.165, 1.54) is 15.7 Å². The molecule has 3 N–H and O–H groups in total. The van der Waals surface area contributed by atoms with Crippen molar-refractivity contribution in [2.45, 2.75) is 46.1 Å². The Morgan fingerprint density at radius 2 is 2.11 bits per heavy atom. The van der Waals surface area contributed by atoms with Gasteiger partial charge in [0.2, 0.25) is 0 Å². The van der Waals surface area contributed by atoms with Gasteiger partial charge in [-0.25, -0.2) is 14.1 Å². The maximum Gasteiger partial charge on any atom is 0.471 e. The predicted octanol–water partition coefficient (Wildman–Crippen LogP) is 2.28. The smallest absolute Gasteiger partial charge is 0.471 e. The average molecular weight is 515 g/mol. The van der Waals surface area contributed by atoms with Crippen molar-refractivity contribution in [3.63, 3.8) is 0 Å². The normalized spacial score (nSPS) is 14.3. The fourth-order valence-corrected chi connectivity index (χ4v) is 4.03. The van der Waals surface area contributed by atoms with Gasteiger partial charge in [0.1, 0.15) is 18.6 Å². The minimum Gasteiger partial charge on any atom is -0.858 e. The number of rotatable bonds is 10. The van der Waals surface area contributed by atoms with Crippen LogP contribution < -0.4 is 10.4 Å². The molecule has 0 unspecified atom stereocenters. The Morgan fingerprint density at radius 3 is 2.78 bits per heavy atom. The molecule has 2 heterocycles. The number of carbonyl (C=O) groups excluding carboxylic acids is 1. The number of amides is 1. The largest absolute Gasteiger partial charge is 0.858 e. The number of aliphatic imine (C=N–C) groups is 1. The number of hydrogen-bond donors (Lipinski definition) is 3. The van der Waals surface area contributed by atoms with Crippen molar-refractivity contribution < 1.29 is 28.8 Å². The van der Waals surface area contributed by atoms with E-state index in [0.29, 0.717) is 40.1 Å². The van der Waals surface area contributed by atoms with Gasteiger partial charge >= 0.3 is 7.82 Å². The topological polar surface area (TPSA) is 165 Å². The van der Waals surface area contributed by atoms with E-state index < -0.39 is 20.5 Å². The van der Waals surface area contributed by atoms with Gasteiger partial charge in [-0.3, -0.25) is 14.3 Å². The summed E-state index contributed by atoms with van der Waals surface area (Å²) in [4.78, 5) is 41.1. The van der Waals surface area contributed by atoms with Gasteiger partial charge in [0.15, 0.2) is 5.82 Å². The third kappa shape index (κ3) is 5.90. The van der Waals surface area contributed by atoms with Crippen LogP contribution in [0.4, 0.5) is 11.5 Å². The number of benzene rings is 1. The molecule has 36 heavy (non-hydrogen) atoms. The molecule has 12 nitrogen and oxygen atoms in total. The van der Waals surface area contributed by atoms with E-state index in [1.807, 2.05) is 19.9 Å². The van der Waals surface area contributed by atoms with Crippen LogP contribution >= 0.6 is 7.82 Å². The van der Waals surface area contributed by atoms with Crippen LogP contribution in [-0.2, 0) is 9.09 Å². The van der Waals surface area contributed by atoms with Crippen LogP contribution in [0, 0.1) is 13.8 Å². The second-order valence-electron chi connectivity index (χ2n) is 8.71. The monoisotopic (exact) mass is 515 g/mol. The summed E-state index contributed by atoms with van der Waals surface area (Å²) in [5.41, 5.74) is 3.46. The van der Waals surface area contributed by atoms with Crippen molar-refractivity contribution in [1.29, 1.82) is 0 Å². The van der Waals surface area contributed by atoms with Crippen molar-refractivity contribution in [1.82, 2.24) is 19.5 Å². The number of carbonyl (C=O) groups is 1. The molecule has 1 aromatic carbocycles. The van der Waals surface area contributed by atoms with Crippen LogP contribution in [0.15, 0.2) is 35.7 Å². The lowest BCUT2D eigenvalue weighted by molar-refractivity contribution is -0.213. The molecule has 192 valence electrons. The molecule has 1 amide bonds. The molecule has 2 aromatic heterocycles. The zero-order valence-electron chi connectivity index (χ0n) is 20.2. The van der Waals surface area contributed by atoms with E-state index in [0.717, 1.165) is 18.4 Å². The third-order valence-corrected chi connectivity index (χ3v) is 6.26. The van der Waals surface area contributed by atoms with Gasteiger partial charge in [-0.1, -0.05) is 19.1 Å². The van der Waals surface area contributed by atoms with E-state index in [9.17, 15) is 14.5 Å². The highest BCUT2D eigenvalue weighted by atomic mass is 31.2. The number of phosphoric acid groups is 1. The Bertz CT molecular complexity index is 1360. The van der Waals surface area contributed by atoms with E-state index in [-0.39, 0.29) is 18.5 Å². The number of hydrogen-bond acceptors (Lipinski definition) is 8. The first-order valence-corrected chi connectivity index (χ1v) is 13.1. The summed E-state index contributed by atoms with van der Waals surface area (Å²) in [5, 5.41) is 19.9. The van der Waals surface area contributed by atoms with Crippen LogP contribution in [0.3, 0.4) is 0 Å². The predicted molar refractivity (Wildman–Crippen MR) is 131 cm³/mol. The number of nitrogens with one attached hydrogen (secondary N) is 1. The summed E-state index contributed by atoms with van der Waals surface area (Å²) in [5.74, 6) is -0.278. The lowest BCUT2D eigenvalue weighted by atomic mass is 10.1. The third-order valence-electron chi connectivity index (χ3n) is 5.80. The van der Waals surface area contributed by atoms with Crippen molar-refractivity contribution in [2.75, 3.05) is 18.6 Å². The van der Waals surface area contributed by atoms with Crippen molar-refractivity contribution >= 4 is 36.6 Å². The number of anilines is 2. The Labute approximate surface area is 207 Å². The molecule has 1 aliphatic carbocycles. The summed E-state index contributed by atoms with van der Waals surface area (Å²) in [6.45, 7) is 5.18. The maximum atomic E-state index is 13.2. The Morgan fingerprint density at radius 1 is 1.36 bits per heavy atom. The molecule has 13 heteroatoms. The molecular formula is C23H28N6O6P-. The van der Waals surface area contributed by atoms with Gasteiger partial charge in [0.05, 0.1) is 5.56 Å². The van der Waals surface area contributed by atoms with E-state index in [1.54, 1.807) is 25.3 Å². The fraction of sp³-hybridized carbons (Fsp3) is 0.391. The lowest BCUT2D eigenvalue weighted by Crippen LogP contribution is -2.33. The van der Waals surface area contributed by atoms with E-state index in [2.05, 4.69) is 24.9 Å². The van der Waals surface area contributed by atoms with Gasteiger partial charge in [-0.05, 0) is 61.8 Å². The molecule has 1 saturated carbocycles. The Kier molecular flexibility index (Phi) is 7.41. The quantitative estimate of drug-likeness (QED) is 0.159. The van der Waals surface area contributed by atoms with Crippen LogP contribution in [0.2, 0.25) is 0 Å². The fourth-order valence-electron chi connectivity index (χ4n) is 3.74. The molecule has 0 atom stereocenters. The maximum absolute atomic E-state index is 13.2. The standard InChI is InChI=1S/C23H29N6O6P/c1-4-9-28(13-35-36(32,33)34)23(31)18-11-29-20(15(18)3)21(24-12-25-29)27-19-10-16(6-5-14(19)2)22(30)26-17-7-8-17/h5-6,10-12,17H,4,7-9,13H2,1-3H3,(H,26,30)(H,24,25,27)(H2,32,33,34)/p-1. The highest BCUT2D eigenvalue weighted by molar-refractivity contribution is 7.46. The highest BCUT2D eigenvalue weighted by Gasteiger charge is 2.25. The van der Waals surface area contributed by atoms with Gasteiger partial charge in [0.25, 0.3) is 5.91 Å².